The molecule has 0 aliphatic carbocycles. The van der Waals surface area contributed by atoms with Gasteiger partial charge in [-0.2, -0.15) is 0 Å². The van der Waals surface area contributed by atoms with Gasteiger partial charge in [-0.25, -0.2) is 0 Å². The van der Waals surface area contributed by atoms with Crippen LogP contribution in [0.3, 0.4) is 0 Å². The first-order valence-corrected chi connectivity index (χ1v) is 6.46. The molecule has 2 heterocycles. The summed E-state index contributed by atoms with van der Waals surface area (Å²) in [5, 5.41) is 0. The van der Waals surface area contributed by atoms with Gasteiger partial charge in [0.2, 0.25) is 0 Å². The molecule has 0 bridgehead atoms. The molecule has 4 heteroatoms. The molecule has 1 aromatic rings. The number of hydrogen-bond acceptors (Lipinski definition) is 4. The third-order valence-electron chi connectivity index (χ3n) is 3.79. The fourth-order valence-corrected chi connectivity index (χ4v) is 2.39. The standard InChI is InChI=1S/C14H23N3O/c1-10(2)14(15)8-17(9-14)7-12-6-13(18-4)5-11(3)16-12/h5-6,10H,7-9,15H2,1-4H3. The Bertz CT molecular complexity index is 425. The fourth-order valence-electron chi connectivity index (χ4n) is 2.39. The highest BCUT2D eigenvalue weighted by Gasteiger charge is 2.41. The van der Waals surface area contributed by atoms with Crippen LogP contribution in [0.1, 0.15) is 25.2 Å². The molecule has 4 nitrogen and oxygen atoms in total. The molecule has 0 saturated carbocycles. The fraction of sp³-hybridized carbons (Fsp3) is 0.643. The normalized spacial score (nSPS) is 18.8. The molecular weight excluding hydrogens is 226 g/mol. The van der Waals surface area contributed by atoms with Crippen molar-refractivity contribution < 1.29 is 4.74 Å². The van der Waals surface area contributed by atoms with E-state index in [-0.39, 0.29) is 5.54 Å². The summed E-state index contributed by atoms with van der Waals surface area (Å²) in [7, 11) is 1.69. The molecule has 18 heavy (non-hydrogen) atoms. The van der Waals surface area contributed by atoms with Crippen LogP contribution in [-0.4, -0.2) is 35.6 Å². The van der Waals surface area contributed by atoms with Gasteiger partial charge in [0.05, 0.1) is 12.8 Å². The van der Waals surface area contributed by atoms with Gasteiger partial charge in [-0.3, -0.25) is 9.88 Å². The largest absolute Gasteiger partial charge is 0.497 e. The predicted molar refractivity (Wildman–Crippen MR) is 72.6 cm³/mol. The van der Waals surface area contributed by atoms with Crippen molar-refractivity contribution in [1.82, 2.24) is 9.88 Å². The smallest absolute Gasteiger partial charge is 0.122 e. The van der Waals surface area contributed by atoms with Crippen molar-refractivity contribution in [1.29, 1.82) is 0 Å². The van der Waals surface area contributed by atoms with Gasteiger partial charge in [-0.1, -0.05) is 13.8 Å². The van der Waals surface area contributed by atoms with Crippen LogP contribution < -0.4 is 10.5 Å². The summed E-state index contributed by atoms with van der Waals surface area (Å²) in [6.45, 7) is 9.11. The third kappa shape index (κ3) is 2.65. The number of methoxy groups -OCH3 is 1. The Labute approximate surface area is 109 Å². The Morgan fingerprint density at radius 2 is 2.11 bits per heavy atom. The number of likely N-dealkylation sites (tertiary alicyclic amines) is 1. The van der Waals surface area contributed by atoms with Gasteiger partial charge in [0, 0.05) is 43.0 Å². The quantitative estimate of drug-likeness (QED) is 0.880. The van der Waals surface area contributed by atoms with Crippen molar-refractivity contribution in [3.05, 3.63) is 23.5 Å². The van der Waals surface area contributed by atoms with Gasteiger partial charge in [0.1, 0.15) is 5.75 Å². The highest BCUT2D eigenvalue weighted by atomic mass is 16.5. The lowest BCUT2D eigenvalue weighted by Gasteiger charge is -2.50. The molecule has 0 radical (unpaired) electrons. The van der Waals surface area contributed by atoms with Crippen LogP contribution in [0.2, 0.25) is 0 Å². The summed E-state index contributed by atoms with van der Waals surface area (Å²) < 4.78 is 5.26. The first-order valence-electron chi connectivity index (χ1n) is 6.46. The van der Waals surface area contributed by atoms with Crippen LogP contribution in [0.4, 0.5) is 0 Å². The molecule has 0 amide bonds. The second-order valence-corrected chi connectivity index (χ2v) is 5.67. The Hall–Kier alpha value is -1.13. The van der Waals surface area contributed by atoms with E-state index >= 15 is 0 Å². The molecule has 1 fully saturated rings. The van der Waals surface area contributed by atoms with E-state index in [1.807, 2.05) is 19.1 Å². The number of nitrogens with zero attached hydrogens (tertiary/aromatic N) is 2. The minimum absolute atomic E-state index is 0.0199. The molecule has 2 N–H and O–H groups in total. The molecule has 1 aromatic heterocycles. The maximum atomic E-state index is 6.29. The summed E-state index contributed by atoms with van der Waals surface area (Å²) in [6.07, 6.45) is 0. The SMILES string of the molecule is COc1cc(C)nc(CN2CC(N)(C(C)C)C2)c1. The number of hydrogen-bond donors (Lipinski definition) is 1. The zero-order chi connectivity index (χ0) is 13.3. The topological polar surface area (TPSA) is 51.4 Å². The number of pyridine rings is 1. The van der Waals surface area contributed by atoms with E-state index in [2.05, 4.69) is 23.7 Å². The first-order chi connectivity index (χ1) is 8.43. The van der Waals surface area contributed by atoms with Crippen molar-refractivity contribution in [2.45, 2.75) is 32.9 Å². The van der Waals surface area contributed by atoms with E-state index in [0.29, 0.717) is 5.92 Å². The maximum Gasteiger partial charge on any atom is 0.122 e. The molecule has 100 valence electrons. The van der Waals surface area contributed by atoms with Crippen molar-refractivity contribution in [3.8, 4) is 5.75 Å². The van der Waals surface area contributed by atoms with E-state index in [9.17, 15) is 0 Å². The first kappa shape index (κ1) is 13.3. The van der Waals surface area contributed by atoms with E-state index in [1.165, 1.54) is 0 Å². The molecule has 1 aliphatic rings. The number of aromatic nitrogens is 1. The number of ether oxygens (including phenoxy) is 1. The summed E-state index contributed by atoms with van der Waals surface area (Å²) in [5.41, 5.74) is 8.32. The molecular formula is C14H23N3O. The second kappa shape index (κ2) is 4.86. The third-order valence-corrected chi connectivity index (χ3v) is 3.79. The van der Waals surface area contributed by atoms with Crippen molar-refractivity contribution >= 4 is 0 Å². The molecule has 0 aromatic carbocycles. The lowest BCUT2D eigenvalue weighted by atomic mass is 9.80. The molecule has 0 spiro atoms. The van der Waals surface area contributed by atoms with Gasteiger partial charge in [-0.15, -0.1) is 0 Å². The maximum absolute atomic E-state index is 6.29. The van der Waals surface area contributed by atoms with E-state index in [1.54, 1.807) is 7.11 Å². The molecule has 1 aliphatic heterocycles. The summed E-state index contributed by atoms with van der Waals surface area (Å²) in [6, 6.07) is 3.94. The lowest BCUT2D eigenvalue weighted by molar-refractivity contribution is 0.0303. The summed E-state index contributed by atoms with van der Waals surface area (Å²) in [5.74, 6) is 1.40. The second-order valence-electron chi connectivity index (χ2n) is 5.67. The Morgan fingerprint density at radius 3 is 2.67 bits per heavy atom. The number of rotatable bonds is 4. The van der Waals surface area contributed by atoms with Gasteiger partial charge in [0.15, 0.2) is 0 Å². The van der Waals surface area contributed by atoms with Crippen LogP contribution in [-0.2, 0) is 6.54 Å². The highest BCUT2D eigenvalue weighted by Crippen LogP contribution is 2.27. The molecule has 2 rings (SSSR count). The average molecular weight is 249 g/mol. The number of nitrogens with two attached hydrogens (primary N) is 1. The van der Waals surface area contributed by atoms with Crippen LogP contribution in [0.25, 0.3) is 0 Å². The van der Waals surface area contributed by atoms with Crippen molar-refractivity contribution in [2.75, 3.05) is 20.2 Å². The summed E-state index contributed by atoms with van der Waals surface area (Å²) >= 11 is 0. The van der Waals surface area contributed by atoms with Gasteiger partial charge in [-0.05, 0) is 12.8 Å². The monoisotopic (exact) mass is 249 g/mol. The van der Waals surface area contributed by atoms with Crippen LogP contribution in [0.5, 0.6) is 5.75 Å². The zero-order valence-electron chi connectivity index (χ0n) is 11.7. The Morgan fingerprint density at radius 1 is 1.44 bits per heavy atom. The van der Waals surface area contributed by atoms with Crippen molar-refractivity contribution in [2.24, 2.45) is 11.7 Å². The predicted octanol–water partition coefficient (Wildman–Crippen LogP) is 1.57. The van der Waals surface area contributed by atoms with Crippen LogP contribution >= 0.6 is 0 Å². The summed E-state index contributed by atoms with van der Waals surface area (Å²) in [4.78, 5) is 6.87. The van der Waals surface area contributed by atoms with E-state index in [4.69, 9.17) is 10.5 Å². The Kier molecular flexibility index (Phi) is 3.59. The van der Waals surface area contributed by atoms with E-state index < -0.39 is 0 Å². The van der Waals surface area contributed by atoms with Crippen LogP contribution in [0, 0.1) is 12.8 Å². The van der Waals surface area contributed by atoms with Gasteiger partial charge in [0.25, 0.3) is 0 Å². The minimum Gasteiger partial charge on any atom is -0.497 e. The minimum atomic E-state index is -0.0199. The van der Waals surface area contributed by atoms with Crippen molar-refractivity contribution in [3.63, 3.8) is 0 Å². The average Bonchev–Trinajstić information content (AvgIpc) is 2.25. The van der Waals surface area contributed by atoms with Gasteiger partial charge >= 0.3 is 0 Å². The number of aryl methyl sites for hydroxylation is 1. The molecule has 0 atom stereocenters. The highest BCUT2D eigenvalue weighted by molar-refractivity contribution is 5.27. The van der Waals surface area contributed by atoms with E-state index in [0.717, 1.165) is 36.8 Å². The Balaban J connectivity index is 1.98. The zero-order valence-corrected chi connectivity index (χ0v) is 11.7. The van der Waals surface area contributed by atoms with Crippen LogP contribution in [0.15, 0.2) is 12.1 Å². The van der Waals surface area contributed by atoms with Gasteiger partial charge < -0.3 is 10.5 Å². The molecule has 0 unspecified atom stereocenters. The molecule has 1 saturated heterocycles. The lowest BCUT2D eigenvalue weighted by Crippen LogP contribution is -2.69.